The van der Waals surface area contributed by atoms with Crippen LogP contribution in [0.3, 0.4) is 0 Å². The first-order valence-corrected chi connectivity index (χ1v) is 8.88. The summed E-state index contributed by atoms with van der Waals surface area (Å²) in [5, 5.41) is 9.23. The van der Waals surface area contributed by atoms with Gasteiger partial charge in [-0.1, -0.05) is 12.1 Å². The molecule has 2 N–H and O–H groups in total. The Labute approximate surface area is 162 Å². The maximum atomic E-state index is 12.7. The zero-order chi connectivity index (χ0) is 20.7. The highest BCUT2D eigenvalue weighted by molar-refractivity contribution is 7.07. The maximum absolute atomic E-state index is 12.7. The van der Waals surface area contributed by atoms with Gasteiger partial charge in [0, 0.05) is 20.3 Å². The number of nitrogens with zero attached hydrogens (tertiary/aromatic N) is 2. The molecule has 1 aromatic carbocycles. The minimum absolute atomic E-state index is 0.00942. The van der Waals surface area contributed by atoms with Crippen molar-refractivity contribution in [2.75, 3.05) is 13.7 Å². The second kappa shape index (κ2) is 9.77. The Morgan fingerprint density at radius 2 is 2.07 bits per heavy atom. The van der Waals surface area contributed by atoms with E-state index in [1.165, 1.54) is 42.0 Å². The molecule has 0 saturated carbocycles. The molecule has 0 radical (unpaired) electrons. The maximum Gasteiger partial charge on any atom is 0.387 e. The molecule has 28 heavy (non-hydrogen) atoms. The second-order valence-corrected chi connectivity index (χ2v) is 6.55. The molecule has 0 fully saturated rings. The molecule has 0 bridgehead atoms. The lowest BCUT2D eigenvalue weighted by atomic mass is 10.2. The molecule has 0 unspecified atom stereocenters. The summed E-state index contributed by atoms with van der Waals surface area (Å²) in [5.41, 5.74) is 5.12. The van der Waals surface area contributed by atoms with E-state index in [2.05, 4.69) is 4.74 Å². The van der Waals surface area contributed by atoms with Gasteiger partial charge in [0.2, 0.25) is 0 Å². The van der Waals surface area contributed by atoms with Crippen molar-refractivity contribution < 1.29 is 23.0 Å². The zero-order valence-corrected chi connectivity index (χ0v) is 15.7. The van der Waals surface area contributed by atoms with E-state index in [0.717, 1.165) is 11.3 Å². The summed E-state index contributed by atoms with van der Waals surface area (Å²) in [4.78, 5) is 24.3. The molecule has 148 valence electrons. The number of nitriles is 1. The number of aromatic nitrogens is 1. The third-order valence-corrected chi connectivity index (χ3v) is 4.74. The number of rotatable bonds is 8. The highest BCUT2D eigenvalue weighted by atomic mass is 32.1. The summed E-state index contributed by atoms with van der Waals surface area (Å²) in [5.74, 6) is -0.936. The lowest BCUT2D eigenvalue weighted by molar-refractivity contribution is -0.112. The normalized spacial score (nSPS) is 12.8. The van der Waals surface area contributed by atoms with Gasteiger partial charge in [-0.05, 0) is 30.2 Å². The van der Waals surface area contributed by atoms with Crippen LogP contribution in [0.1, 0.15) is 12.0 Å². The Balaban J connectivity index is 2.56. The Hall–Kier alpha value is -3.03. The van der Waals surface area contributed by atoms with Gasteiger partial charge in [0.05, 0.1) is 4.53 Å². The molecule has 0 aliphatic rings. The molecule has 1 aromatic heterocycles. The number of carbonyl (C=O) groups excluding carboxylic acids is 1. The zero-order valence-electron chi connectivity index (χ0n) is 14.9. The Morgan fingerprint density at radius 1 is 1.39 bits per heavy atom. The third-order valence-electron chi connectivity index (χ3n) is 3.61. The van der Waals surface area contributed by atoms with Crippen molar-refractivity contribution >= 4 is 28.9 Å². The molecule has 1 heterocycles. The van der Waals surface area contributed by atoms with Crippen LogP contribution in [0.25, 0.3) is 11.6 Å². The number of halogens is 2. The highest BCUT2D eigenvalue weighted by Crippen LogP contribution is 2.15. The first kappa shape index (κ1) is 21.3. The van der Waals surface area contributed by atoms with Crippen molar-refractivity contribution in [2.24, 2.45) is 5.73 Å². The van der Waals surface area contributed by atoms with E-state index in [1.807, 2.05) is 0 Å². The van der Waals surface area contributed by atoms with Gasteiger partial charge in [-0.3, -0.25) is 14.2 Å². The number of hydrogen-bond donors (Lipinski definition) is 1. The Bertz CT molecular complexity index is 1050. The average molecular weight is 409 g/mol. The molecule has 0 aliphatic carbocycles. The summed E-state index contributed by atoms with van der Waals surface area (Å²) >= 11 is 0.957. The van der Waals surface area contributed by atoms with Gasteiger partial charge in [0.25, 0.3) is 11.5 Å². The SMILES string of the molecule is COCCCn1c(=O)/c(=C\c2ccc(OC(F)F)cc2)s/c1=C(/C#N)C(N)=O. The van der Waals surface area contributed by atoms with Gasteiger partial charge in [0.15, 0.2) is 5.57 Å². The fraction of sp³-hybridized carbons (Fsp3) is 0.278. The van der Waals surface area contributed by atoms with Crippen LogP contribution in [-0.2, 0) is 16.1 Å². The number of alkyl halides is 2. The average Bonchev–Trinajstić information content (AvgIpc) is 2.93. The predicted molar refractivity (Wildman–Crippen MR) is 99.2 cm³/mol. The van der Waals surface area contributed by atoms with E-state index in [-0.39, 0.29) is 27.1 Å². The minimum Gasteiger partial charge on any atom is -0.435 e. The van der Waals surface area contributed by atoms with Gasteiger partial charge in [-0.25, -0.2) is 0 Å². The first-order chi connectivity index (χ1) is 13.4. The van der Waals surface area contributed by atoms with E-state index < -0.39 is 18.1 Å². The van der Waals surface area contributed by atoms with Gasteiger partial charge < -0.3 is 15.2 Å². The topological polar surface area (TPSA) is 107 Å². The number of hydrogen-bond acceptors (Lipinski definition) is 6. The number of ether oxygens (including phenoxy) is 2. The van der Waals surface area contributed by atoms with Crippen LogP contribution in [0.4, 0.5) is 8.78 Å². The molecule has 1 amide bonds. The Kier molecular flexibility index (Phi) is 7.43. The van der Waals surface area contributed by atoms with E-state index in [0.29, 0.717) is 18.6 Å². The Morgan fingerprint density at radius 3 is 2.61 bits per heavy atom. The molecular formula is C18H17F2N3O4S. The van der Waals surface area contributed by atoms with Crippen LogP contribution in [0.15, 0.2) is 29.1 Å². The van der Waals surface area contributed by atoms with Crippen molar-refractivity contribution in [3.8, 4) is 11.8 Å². The largest absolute Gasteiger partial charge is 0.435 e. The minimum atomic E-state index is -2.93. The first-order valence-electron chi connectivity index (χ1n) is 8.06. The number of amides is 1. The standard InChI is InChI=1S/C18H17F2N3O4S/c1-26-8-2-7-23-16(25)14(28-17(23)13(10-21)15(22)24)9-11-3-5-12(6-4-11)27-18(19)20/h3-6,9,18H,2,7-8H2,1H3,(H2,22,24)/b14-9+,17-13-. The summed E-state index contributed by atoms with van der Waals surface area (Å²) in [6.45, 7) is -2.29. The third kappa shape index (κ3) is 5.25. The molecule has 0 aliphatic heterocycles. The summed E-state index contributed by atoms with van der Waals surface area (Å²) < 4.78 is 35.4. The molecule has 2 rings (SSSR count). The van der Waals surface area contributed by atoms with Gasteiger partial charge in [0.1, 0.15) is 16.5 Å². The van der Waals surface area contributed by atoms with E-state index >= 15 is 0 Å². The number of nitrogens with two attached hydrogens (primary N) is 1. The number of carbonyl (C=O) groups is 1. The van der Waals surface area contributed by atoms with Crippen LogP contribution in [-0.4, -0.2) is 30.8 Å². The molecule has 0 atom stereocenters. The van der Waals surface area contributed by atoms with Crippen molar-refractivity contribution in [3.63, 3.8) is 0 Å². The summed E-state index contributed by atoms with van der Waals surface area (Å²) in [7, 11) is 1.52. The lowest BCUT2D eigenvalue weighted by Gasteiger charge is -2.03. The van der Waals surface area contributed by atoms with E-state index in [9.17, 15) is 23.6 Å². The molecule has 7 nitrogen and oxygen atoms in total. The monoisotopic (exact) mass is 409 g/mol. The quantitative estimate of drug-likeness (QED) is 0.641. The van der Waals surface area contributed by atoms with E-state index in [4.69, 9.17) is 10.5 Å². The van der Waals surface area contributed by atoms with Crippen molar-refractivity contribution in [2.45, 2.75) is 19.6 Å². The number of thiazole rings is 1. The van der Waals surface area contributed by atoms with Crippen molar-refractivity contribution in [3.05, 3.63) is 49.4 Å². The number of methoxy groups -OCH3 is 1. The molecule has 0 saturated heterocycles. The van der Waals surface area contributed by atoms with Crippen LogP contribution < -0.4 is 25.2 Å². The van der Waals surface area contributed by atoms with Crippen LogP contribution in [0, 0.1) is 11.3 Å². The molecule has 10 heteroatoms. The van der Waals surface area contributed by atoms with Crippen LogP contribution >= 0.6 is 11.3 Å². The number of primary amides is 1. The van der Waals surface area contributed by atoms with Gasteiger partial charge >= 0.3 is 6.61 Å². The fourth-order valence-corrected chi connectivity index (χ4v) is 3.51. The van der Waals surface area contributed by atoms with Crippen LogP contribution in [0.5, 0.6) is 5.75 Å². The van der Waals surface area contributed by atoms with Crippen molar-refractivity contribution in [1.82, 2.24) is 4.57 Å². The van der Waals surface area contributed by atoms with Gasteiger partial charge in [-0.15, -0.1) is 11.3 Å². The van der Waals surface area contributed by atoms with Crippen LogP contribution in [0.2, 0.25) is 0 Å². The molecule has 0 spiro atoms. The fourth-order valence-electron chi connectivity index (χ4n) is 2.38. The van der Waals surface area contributed by atoms with E-state index in [1.54, 1.807) is 6.07 Å². The summed E-state index contributed by atoms with van der Waals surface area (Å²) in [6.07, 6.45) is 2.03. The summed E-state index contributed by atoms with van der Waals surface area (Å²) in [6, 6.07) is 7.45. The second-order valence-electron chi connectivity index (χ2n) is 5.52. The molecular weight excluding hydrogens is 392 g/mol. The van der Waals surface area contributed by atoms with Gasteiger partial charge in [-0.2, -0.15) is 14.0 Å². The predicted octanol–water partition coefficient (Wildman–Crippen LogP) is 0.536. The number of benzene rings is 1. The van der Waals surface area contributed by atoms with Crippen molar-refractivity contribution in [1.29, 1.82) is 5.26 Å². The smallest absolute Gasteiger partial charge is 0.387 e. The highest BCUT2D eigenvalue weighted by Gasteiger charge is 2.13. The lowest BCUT2D eigenvalue weighted by Crippen LogP contribution is -2.34. The molecule has 2 aromatic rings.